The first-order valence-corrected chi connectivity index (χ1v) is 14.0. The predicted molar refractivity (Wildman–Crippen MR) is 148 cm³/mol. The van der Waals surface area contributed by atoms with Gasteiger partial charge in [0.1, 0.15) is 5.75 Å². The molecular formula is C31H39ClN2O2. The molecule has 0 bridgehead atoms. The van der Waals surface area contributed by atoms with Crippen LogP contribution in [0.15, 0.2) is 66.4 Å². The molecule has 0 saturated heterocycles. The number of halogens is 1. The van der Waals surface area contributed by atoms with Gasteiger partial charge >= 0.3 is 0 Å². The molecule has 5 rings (SSSR count). The SMILES string of the molecule is CC(C)NCCCCN1C=C(C2(OCc3ccccc3Cl)CC2)C(c2ccccc2OC2CC2)=CC1. The van der Waals surface area contributed by atoms with Gasteiger partial charge < -0.3 is 19.7 Å². The van der Waals surface area contributed by atoms with Crippen LogP contribution in [0, 0.1) is 0 Å². The summed E-state index contributed by atoms with van der Waals surface area (Å²) in [5.74, 6) is 0.993. The zero-order valence-electron chi connectivity index (χ0n) is 21.6. The molecule has 0 amide bonds. The number of ether oxygens (including phenoxy) is 2. The second-order valence-electron chi connectivity index (χ2n) is 10.7. The topological polar surface area (TPSA) is 33.7 Å². The van der Waals surface area contributed by atoms with Crippen LogP contribution < -0.4 is 10.1 Å². The first-order chi connectivity index (χ1) is 17.5. The summed E-state index contributed by atoms with van der Waals surface area (Å²) in [7, 11) is 0. The normalized spacial score (nSPS) is 18.7. The Morgan fingerprint density at radius 2 is 1.83 bits per heavy atom. The number of nitrogens with one attached hydrogen (secondary N) is 1. The van der Waals surface area contributed by atoms with Gasteiger partial charge in [-0.05, 0) is 68.3 Å². The summed E-state index contributed by atoms with van der Waals surface area (Å²) in [5, 5.41) is 4.29. The summed E-state index contributed by atoms with van der Waals surface area (Å²) in [6.07, 6.45) is 11.8. The first kappa shape index (κ1) is 25.4. The number of hydrogen-bond donors (Lipinski definition) is 1. The second-order valence-corrected chi connectivity index (χ2v) is 11.1. The lowest BCUT2D eigenvalue weighted by molar-refractivity contribution is 0.0473. The van der Waals surface area contributed by atoms with Crippen LogP contribution in [0.2, 0.25) is 5.02 Å². The van der Waals surface area contributed by atoms with Crippen molar-refractivity contribution >= 4 is 17.2 Å². The number of para-hydroxylation sites is 1. The Balaban J connectivity index is 1.36. The number of unbranched alkanes of at least 4 members (excludes halogenated alkanes) is 1. The number of benzene rings is 2. The molecule has 2 saturated carbocycles. The fraction of sp³-hybridized carbons (Fsp3) is 0.484. The molecule has 3 aliphatic rings. The van der Waals surface area contributed by atoms with Gasteiger partial charge in [-0.15, -0.1) is 0 Å². The van der Waals surface area contributed by atoms with Gasteiger partial charge in [-0.2, -0.15) is 0 Å². The third-order valence-corrected chi connectivity index (χ3v) is 7.58. The smallest absolute Gasteiger partial charge is 0.127 e. The lowest BCUT2D eigenvalue weighted by atomic mass is 9.90. The maximum absolute atomic E-state index is 6.68. The molecule has 2 aromatic carbocycles. The summed E-state index contributed by atoms with van der Waals surface area (Å²) in [5.41, 5.74) is 4.51. The third kappa shape index (κ3) is 6.34. The summed E-state index contributed by atoms with van der Waals surface area (Å²) >= 11 is 6.45. The van der Waals surface area contributed by atoms with Crippen LogP contribution in [-0.4, -0.2) is 42.3 Å². The van der Waals surface area contributed by atoms with E-state index < -0.39 is 0 Å². The van der Waals surface area contributed by atoms with E-state index in [0.29, 0.717) is 18.8 Å². The molecule has 5 heteroatoms. The van der Waals surface area contributed by atoms with E-state index in [2.05, 4.69) is 66.7 Å². The van der Waals surface area contributed by atoms with Crippen LogP contribution in [0.3, 0.4) is 0 Å². The maximum Gasteiger partial charge on any atom is 0.127 e. The van der Waals surface area contributed by atoms with Gasteiger partial charge in [0.2, 0.25) is 0 Å². The highest BCUT2D eigenvalue weighted by molar-refractivity contribution is 6.31. The van der Waals surface area contributed by atoms with Crippen molar-refractivity contribution in [3.63, 3.8) is 0 Å². The lowest BCUT2D eigenvalue weighted by Crippen LogP contribution is -2.29. The molecule has 1 heterocycles. The first-order valence-electron chi connectivity index (χ1n) is 13.6. The molecule has 4 nitrogen and oxygen atoms in total. The Morgan fingerprint density at radius 3 is 2.58 bits per heavy atom. The minimum atomic E-state index is -0.268. The maximum atomic E-state index is 6.68. The van der Waals surface area contributed by atoms with Crippen molar-refractivity contribution in [3.8, 4) is 5.75 Å². The molecule has 1 N–H and O–H groups in total. The minimum Gasteiger partial charge on any atom is -0.490 e. The van der Waals surface area contributed by atoms with Gasteiger partial charge in [0.25, 0.3) is 0 Å². The molecule has 192 valence electrons. The molecular weight excluding hydrogens is 468 g/mol. The highest BCUT2D eigenvalue weighted by atomic mass is 35.5. The average Bonchev–Trinajstić information content (AvgIpc) is 3.81. The average molecular weight is 507 g/mol. The highest BCUT2D eigenvalue weighted by Crippen LogP contribution is 2.53. The lowest BCUT2D eigenvalue weighted by Gasteiger charge is -2.32. The molecule has 2 aromatic rings. The molecule has 0 unspecified atom stereocenters. The number of rotatable bonds is 13. The zero-order valence-corrected chi connectivity index (χ0v) is 22.4. The summed E-state index contributed by atoms with van der Waals surface area (Å²) in [6.45, 7) is 7.96. The van der Waals surface area contributed by atoms with E-state index in [1.165, 1.54) is 29.6 Å². The Labute approximate surface area is 221 Å². The van der Waals surface area contributed by atoms with Gasteiger partial charge in [-0.3, -0.25) is 0 Å². The fourth-order valence-electron chi connectivity index (χ4n) is 4.82. The van der Waals surface area contributed by atoms with E-state index in [-0.39, 0.29) is 5.60 Å². The molecule has 0 radical (unpaired) electrons. The van der Waals surface area contributed by atoms with Gasteiger partial charge in [0.15, 0.2) is 0 Å². The van der Waals surface area contributed by atoms with Crippen LogP contribution in [0.1, 0.15) is 63.5 Å². The van der Waals surface area contributed by atoms with E-state index in [4.69, 9.17) is 21.1 Å². The Hall–Kier alpha value is -2.27. The Kier molecular flexibility index (Phi) is 8.05. The van der Waals surface area contributed by atoms with Crippen LogP contribution >= 0.6 is 11.6 Å². The van der Waals surface area contributed by atoms with Crippen LogP contribution in [0.5, 0.6) is 5.75 Å². The second kappa shape index (κ2) is 11.4. The van der Waals surface area contributed by atoms with Crippen LogP contribution in [0.25, 0.3) is 5.57 Å². The number of hydrogen-bond acceptors (Lipinski definition) is 4. The van der Waals surface area contributed by atoms with E-state index >= 15 is 0 Å². The molecule has 1 aliphatic heterocycles. The van der Waals surface area contributed by atoms with Gasteiger partial charge in [0.05, 0.1) is 18.3 Å². The van der Waals surface area contributed by atoms with E-state index in [0.717, 1.165) is 61.7 Å². The van der Waals surface area contributed by atoms with Crippen molar-refractivity contribution in [1.82, 2.24) is 10.2 Å². The number of nitrogens with zero attached hydrogens (tertiary/aromatic N) is 1. The van der Waals surface area contributed by atoms with Gasteiger partial charge in [0, 0.05) is 41.5 Å². The van der Waals surface area contributed by atoms with Crippen molar-refractivity contribution in [2.75, 3.05) is 19.6 Å². The standard InChI is InChI=1S/C31H39ClN2O2/c1-23(2)33-18-7-8-19-34-20-15-26(27-10-4-6-12-30(27)36-25-13-14-25)28(21-34)31(16-17-31)35-22-24-9-3-5-11-29(24)32/h3-6,9-12,15,21,23,25,33H,7-8,13-14,16-20,22H2,1-2H3. The summed E-state index contributed by atoms with van der Waals surface area (Å²) in [4.78, 5) is 2.46. The van der Waals surface area contributed by atoms with E-state index in [1.807, 2.05) is 18.2 Å². The van der Waals surface area contributed by atoms with Crippen molar-refractivity contribution < 1.29 is 9.47 Å². The molecule has 36 heavy (non-hydrogen) atoms. The van der Waals surface area contributed by atoms with Gasteiger partial charge in [-0.25, -0.2) is 0 Å². The fourth-order valence-corrected chi connectivity index (χ4v) is 5.01. The van der Waals surface area contributed by atoms with Crippen molar-refractivity contribution in [1.29, 1.82) is 0 Å². The highest BCUT2D eigenvalue weighted by Gasteiger charge is 2.50. The van der Waals surface area contributed by atoms with Crippen molar-refractivity contribution in [2.45, 2.75) is 76.7 Å². The Bertz CT molecular complexity index is 1100. The molecule has 2 fully saturated rings. The molecule has 0 aromatic heterocycles. The predicted octanol–water partition coefficient (Wildman–Crippen LogP) is 6.99. The minimum absolute atomic E-state index is 0.268. The monoisotopic (exact) mass is 506 g/mol. The van der Waals surface area contributed by atoms with Crippen LogP contribution in [0.4, 0.5) is 0 Å². The van der Waals surface area contributed by atoms with Crippen molar-refractivity contribution in [2.24, 2.45) is 0 Å². The molecule has 0 spiro atoms. The largest absolute Gasteiger partial charge is 0.490 e. The van der Waals surface area contributed by atoms with Crippen LogP contribution in [-0.2, 0) is 11.3 Å². The third-order valence-electron chi connectivity index (χ3n) is 7.21. The van der Waals surface area contributed by atoms with E-state index in [9.17, 15) is 0 Å². The zero-order chi connectivity index (χ0) is 25.0. The summed E-state index contributed by atoms with van der Waals surface area (Å²) < 4.78 is 13.0. The quantitative estimate of drug-likeness (QED) is 0.297. The van der Waals surface area contributed by atoms with Gasteiger partial charge in [-0.1, -0.05) is 67.9 Å². The van der Waals surface area contributed by atoms with E-state index in [1.54, 1.807) is 0 Å². The summed E-state index contributed by atoms with van der Waals surface area (Å²) in [6, 6.07) is 17.0. The molecule has 0 atom stereocenters. The van der Waals surface area contributed by atoms with Crippen molar-refractivity contribution in [3.05, 3.63) is 82.5 Å². The molecule has 2 aliphatic carbocycles. The Morgan fingerprint density at radius 1 is 1.06 bits per heavy atom.